The van der Waals surface area contributed by atoms with Gasteiger partial charge >= 0.3 is 5.92 Å². The Morgan fingerprint density at radius 1 is 1.22 bits per heavy atom. The number of carbonyl (C=O) groups is 1. The molecule has 1 amide bonds. The van der Waals surface area contributed by atoms with Crippen molar-refractivity contribution in [3.8, 4) is 5.75 Å². The van der Waals surface area contributed by atoms with Crippen LogP contribution in [0, 0.1) is 5.82 Å². The second-order valence-corrected chi connectivity index (χ2v) is 7.19. The van der Waals surface area contributed by atoms with Crippen LogP contribution in [0.4, 0.5) is 13.2 Å². The summed E-state index contributed by atoms with van der Waals surface area (Å²) in [6.07, 6.45) is -2.45. The maximum Gasteiger partial charge on any atom is 0.351 e. The summed E-state index contributed by atoms with van der Waals surface area (Å²) in [7, 11) is 1.50. The van der Waals surface area contributed by atoms with Crippen molar-refractivity contribution in [1.29, 1.82) is 0 Å². The first kappa shape index (κ1) is 19.7. The van der Waals surface area contributed by atoms with Crippen molar-refractivity contribution in [2.24, 2.45) is 0 Å². The van der Waals surface area contributed by atoms with Gasteiger partial charge in [0.15, 0.2) is 0 Å². The number of amides is 1. The van der Waals surface area contributed by atoms with Crippen LogP contribution in [0.2, 0.25) is 0 Å². The number of methoxy groups -OCH3 is 1. The van der Waals surface area contributed by atoms with Gasteiger partial charge in [0.1, 0.15) is 17.7 Å². The second-order valence-electron chi connectivity index (χ2n) is 6.33. The molecular formula is C19H17BrF3NO3. The van der Waals surface area contributed by atoms with E-state index in [1.165, 1.54) is 19.2 Å². The third-order valence-corrected chi connectivity index (χ3v) is 5.27. The van der Waals surface area contributed by atoms with Gasteiger partial charge in [-0.1, -0.05) is 24.3 Å². The number of halogens is 4. The van der Waals surface area contributed by atoms with E-state index in [4.69, 9.17) is 4.74 Å². The van der Waals surface area contributed by atoms with Gasteiger partial charge in [-0.05, 0) is 51.7 Å². The zero-order valence-corrected chi connectivity index (χ0v) is 15.9. The summed E-state index contributed by atoms with van der Waals surface area (Å²) in [5.74, 6) is -5.40. The molecule has 0 saturated carbocycles. The summed E-state index contributed by atoms with van der Waals surface area (Å²) in [5, 5.41) is 10.1. The standard InChI is InChI=1S/C19H17BrF3NO3/c1-27-13-7-5-11(6-8-13)10-24-15(17(25)19(22,23)18(24)26)9-12-3-2-4-14(20)16(12)21/h2-8,15,17,25H,9-10H2,1H3. The van der Waals surface area contributed by atoms with Crippen LogP contribution >= 0.6 is 15.9 Å². The summed E-state index contributed by atoms with van der Waals surface area (Å²) >= 11 is 3.05. The van der Waals surface area contributed by atoms with Crippen LogP contribution in [0.1, 0.15) is 11.1 Å². The Balaban J connectivity index is 1.90. The molecule has 2 aromatic carbocycles. The monoisotopic (exact) mass is 443 g/mol. The number of hydrogen-bond donors (Lipinski definition) is 1. The van der Waals surface area contributed by atoms with Gasteiger partial charge in [0, 0.05) is 6.54 Å². The minimum atomic E-state index is -3.92. The predicted molar refractivity (Wildman–Crippen MR) is 96.1 cm³/mol. The summed E-state index contributed by atoms with van der Waals surface area (Å²) in [6, 6.07) is 9.83. The van der Waals surface area contributed by atoms with Gasteiger partial charge in [-0.25, -0.2) is 4.39 Å². The normalized spacial score (nSPS) is 21.6. The van der Waals surface area contributed by atoms with Gasteiger partial charge < -0.3 is 14.7 Å². The molecule has 4 nitrogen and oxygen atoms in total. The highest BCUT2D eigenvalue weighted by Crippen LogP contribution is 2.37. The fourth-order valence-electron chi connectivity index (χ4n) is 3.15. The molecule has 1 fully saturated rings. The van der Waals surface area contributed by atoms with Crippen molar-refractivity contribution >= 4 is 21.8 Å². The second kappa shape index (κ2) is 7.52. The Bertz CT molecular complexity index is 845. The average molecular weight is 444 g/mol. The van der Waals surface area contributed by atoms with Crippen molar-refractivity contribution < 1.29 is 27.8 Å². The molecule has 1 aliphatic heterocycles. The Labute approximate surface area is 162 Å². The molecule has 0 aromatic heterocycles. The summed E-state index contributed by atoms with van der Waals surface area (Å²) in [4.78, 5) is 13.1. The van der Waals surface area contributed by atoms with E-state index in [0.717, 1.165) is 4.90 Å². The van der Waals surface area contributed by atoms with Crippen LogP contribution < -0.4 is 4.74 Å². The van der Waals surface area contributed by atoms with Gasteiger partial charge in [0.2, 0.25) is 0 Å². The fraction of sp³-hybridized carbons (Fsp3) is 0.316. The molecule has 2 aromatic rings. The Morgan fingerprint density at radius 2 is 1.89 bits per heavy atom. The largest absolute Gasteiger partial charge is 0.497 e. The van der Waals surface area contributed by atoms with Crippen LogP contribution in [0.3, 0.4) is 0 Å². The number of benzene rings is 2. The van der Waals surface area contributed by atoms with Crippen molar-refractivity contribution in [1.82, 2.24) is 4.90 Å². The van der Waals surface area contributed by atoms with Crippen LogP contribution in [-0.4, -0.2) is 41.1 Å². The first-order chi connectivity index (χ1) is 12.8. The molecule has 144 valence electrons. The quantitative estimate of drug-likeness (QED) is 0.768. The maximum absolute atomic E-state index is 14.3. The predicted octanol–water partition coefficient (Wildman–Crippen LogP) is 3.55. The zero-order chi connectivity index (χ0) is 19.8. The Morgan fingerprint density at radius 3 is 2.52 bits per heavy atom. The molecule has 27 heavy (non-hydrogen) atoms. The molecule has 0 aliphatic carbocycles. The SMILES string of the molecule is COc1ccc(CN2C(=O)C(F)(F)C(O)C2Cc2cccc(Br)c2F)cc1. The molecule has 1 aliphatic rings. The topological polar surface area (TPSA) is 49.8 Å². The van der Waals surface area contributed by atoms with Crippen molar-refractivity contribution in [3.05, 3.63) is 63.9 Å². The summed E-state index contributed by atoms with van der Waals surface area (Å²) in [6.45, 7) is -0.129. The maximum atomic E-state index is 14.3. The molecule has 0 radical (unpaired) electrons. The highest BCUT2D eigenvalue weighted by Gasteiger charge is 2.61. The number of aliphatic hydroxyl groups is 1. The smallest absolute Gasteiger partial charge is 0.351 e. The molecule has 0 spiro atoms. The highest BCUT2D eigenvalue weighted by atomic mass is 79.9. The van der Waals surface area contributed by atoms with Gasteiger partial charge in [-0.2, -0.15) is 8.78 Å². The third kappa shape index (κ3) is 3.68. The van der Waals surface area contributed by atoms with E-state index in [9.17, 15) is 23.1 Å². The molecule has 2 unspecified atom stereocenters. The lowest BCUT2D eigenvalue weighted by Crippen LogP contribution is -2.39. The molecule has 0 bridgehead atoms. The number of alkyl halides is 2. The van der Waals surface area contributed by atoms with E-state index >= 15 is 0 Å². The number of likely N-dealkylation sites (tertiary alicyclic amines) is 1. The first-order valence-corrected chi connectivity index (χ1v) is 8.97. The lowest BCUT2D eigenvalue weighted by molar-refractivity contribution is -0.155. The zero-order valence-electron chi connectivity index (χ0n) is 14.3. The van der Waals surface area contributed by atoms with E-state index < -0.39 is 29.8 Å². The molecule has 8 heteroatoms. The van der Waals surface area contributed by atoms with E-state index in [1.807, 2.05) is 0 Å². The highest BCUT2D eigenvalue weighted by molar-refractivity contribution is 9.10. The number of carbonyl (C=O) groups excluding carboxylic acids is 1. The lowest BCUT2D eigenvalue weighted by Gasteiger charge is -2.26. The fourth-order valence-corrected chi connectivity index (χ4v) is 3.56. The van der Waals surface area contributed by atoms with Gasteiger partial charge in [-0.3, -0.25) is 4.79 Å². The summed E-state index contributed by atoms with van der Waals surface area (Å²) < 4.78 is 47.9. The number of ether oxygens (including phenoxy) is 1. The number of aliphatic hydroxyl groups excluding tert-OH is 1. The van der Waals surface area contributed by atoms with E-state index in [1.54, 1.807) is 30.3 Å². The van der Waals surface area contributed by atoms with Crippen LogP contribution in [0.15, 0.2) is 46.9 Å². The molecule has 3 rings (SSSR count). The van der Waals surface area contributed by atoms with Crippen molar-refractivity contribution in [2.45, 2.75) is 31.0 Å². The van der Waals surface area contributed by atoms with Gasteiger partial charge in [0.05, 0.1) is 17.6 Å². The summed E-state index contributed by atoms with van der Waals surface area (Å²) in [5.41, 5.74) is 0.729. The van der Waals surface area contributed by atoms with E-state index in [2.05, 4.69) is 15.9 Å². The van der Waals surface area contributed by atoms with Crippen LogP contribution in [0.5, 0.6) is 5.75 Å². The Kier molecular flexibility index (Phi) is 5.48. The van der Waals surface area contributed by atoms with Crippen LogP contribution in [0.25, 0.3) is 0 Å². The van der Waals surface area contributed by atoms with Crippen LogP contribution in [-0.2, 0) is 17.8 Å². The lowest BCUT2D eigenvalue weighted by atomic mass is 10.00. The Hall–Kier alpha value is -2.06. The van der Waals surface area contributed by atoms with E-state index in [0.29, 0.717) is 11.3 Å². The molecule has 2 atom stereocenters. The number of rotatable bonds is 5. The number of nitrogens with zero attached hydrogens (tertiary/aromatic N) is 1. The molecule has 1 N–H and O–H groups in total. The van der Waals surface area contributed by atoms with Gasteiger partial charge in [0.25, 0.3) is 5.91 Å². The minimum Gasteiger partial charge on any atom is -0.497 e. The molecular weight excluding hydrogens is 427 g/mol. The number of hydrogen-bond acceptors (Lipinski definition) is 3. The molecule has 1 heterocycles. The molecule has 1 saturated heterocycles. The van der Waals surface area contributed by atoms with Crippen molar-refractivity contribution in [2.75, 3.05) is 7.11 Å². The minimum absolute atomic E-state index is 0.129. The first-order valence-electron chi connectivity index (χ1n) is 8.18. The van der Waals surface area contributed by atoms with E-state index in [-0.39, 0.29) is 23.0 Å². The average Bonchev–Trinajstić information content (AvgIpc) is 2.81. The van der Waals surface area contributed by atoms with Crippen molar-refractivity contribution in [3.63, 3.8) is 0 Å². The van der Waals surface area contributed by atoms with Gasteiger partial charge in [-0.15, -0.1) is 0 Å². The third-order valence-electron chi connectivity index (χ3n) is 4.65.